The molecule has 8 heteroatoms. The van der Waals surface area contributed by atoms with Crippen molar-refractivity contribution in [2.45, 2.75) is 23.8 Å². The minimum Gasteiger partial charge on any atom is -0.328 e. The highest BCUT2D eigenvalue weighted by Gasteiger charge is 2.28. The average molecular weight is 324 g/mol. The molecule has 0 aliphatic carbocycles. The van der Waals surface area contributed by atoms with E-state index in [4.69, 9.17) is 5.73 Å². The number of hydrogen-bond donors (Lipinski definition) is 1. The van der Waals surface area contributed by atoms with E-state index in [0.29, 0.717) is 37.0 Å². The number of rotatable bonds is 2. The van der Waals surface area contributed by atoms with Gasteiger partial charge in [-0.15, -0.1) is 0 Å². The molecule has 0 amide bonds. The minimum atomic E-state index is -3.54. The first kappa shape index (κ1) is 15.3. The van der Waals surface area contributed by atoms with Gasteiger partial charge in [-0.2, -0.15) is 4.31 Å². The molecule has 3 rings (SSSR count). The Morgan fingerprint density at radius 3 is 2.32 bits per heavy atom. The highest BCUT2D eigenvalue weighted by molar-refractivity contribution is 7.89. The lowest BCUT2D eigenvalue weighted by atomic mass is 10.1. The summed E-state index contributed by atoms with van der Waals surface area (Å²) in [6.45, 7) is 0.879. The number of sulfonamides is 1. The Labute approximate surface area is 129 Å². The second kappa shape index (κ2) is 5.22. The van der Waals surface area contributed by atoms with Crippen molar-refractivity contribution in [3.05, 3.63) is 28.7 Å². The number of hydrogen-bond acceptors (Lipinski definition) is 4. The van der Waals surface area contributed by atoms with Crippen molar-refractivity contribution in [3.63, 3.8) is 0 Å². The molecule has 0 unspecified atom stereocenters. The normalized spacial score (nSPS) is 18.1. The maximum atomic E-state index is 12.7. The van der Waals surface area contributed by atoms with Gasteiger partial charge in [0.25, 0.3) is 0 Å². The highest BCUT2D eigenvalue weighted by Crippen LogP contribution is 2.23. The van der Waals surface area contributed by atoms with Crippen LogP contribution in [0.1, 0.15) is 12.8 Å². The van der Waals surface area contributed by atoms with Gasteiger partial charge in [-0.25, -0.2) is 13.2 Å². The van der Waals surface area contributed by atoms with E-state index >= 15 is 0 Å². The van der Waals surface area contributed by atoms with Crippen molar-refractivity contribution in [2.75, 3.05) is 13.1 Å². The molecule has 0 atom stereocenters. The second-order valence-corrected chi connectivity index (χ2v) is 7.73. The third-order valence-corrected chi connectivity index (χ3v) is 6.27. The fraction of sp³-hybridized carbons (Fsp3) is 0.500. The van der Waals surface area contributed by atoms with Gasteiger partial charge < -0.3 is 5.73 Å². The Balaban J connectivity index is 2.06. The number of nitrogens with zero attached hydrogens (tertiary/aromatic N) is 3. The molecule has 1 aliphatic heterocycles. The van der Waals surface area contributed by atoms with E-state index in [1.165, 1.54) is 13.4 Å². The van der Waals surface area contributed by atoms with E-state index in [1.807, 2.05) is 0 Å². The van der Waals surface area contributed by atoms with Gasteiger partial charge in [0.1, 0.15) is 0 Å². The number of aryl methyl sites for hydroxylation is 2. The lowest BCUT2D eigenvalue weighted by Crippen LogP contribution is -2.42. The molecule has 2 heterocycles. The van der Waals surface area contributed by atoms with Crippen molar-refractivity contribution in [1.29, 1.82) is 0 Å². The van der Waals surface area contributed by atoms with Crippen LogP contribution in [-0.4, -0.2) is 41.0 Å². The predicted octanol–water partition coefficient (Wildman–Crippen LogP) is -0.0112. The Morgan fingerprint density at radius 2 is 1.68 bits per heavy atom. The van der Waals surface area contributed by atoms with Crippen LogP contribution >= 0.6 is 0 Å². The van der Waals surface area contributed by atoms with Gasteiger partial charge >= 0.3 is 5.69 Å². The molecule has 1 fully saturated rings. The topological polar surface area (TPSA) is 90.3 Å². The third-order valence-electron chi connectivity index (χ3n) is 4.38. The molecule has 1 aliphatic rings. The molecule has 1 saturated heterocycles. The molecule has 0 bridgehead atoms. The van der Waals surface area contributed by atoms with Crippen LogP contribution in [0.4, 0.5) is 0 Å². The van der Waals surface area contributed by atoms with Gasteiger partial charge in [0.2, 0.25) is 10.0 Å². The Kier molecular flexibility index (Phi) is 3.62. The zero-order valence-corrected chi connectivity index (χ0v) is 13.5. The molecule has 0 radical (unpaired) electrons. The summed E-state index contributed by atoms with van der Waals surface area (Å²) in [4.78, 5) is 12.2. The lowest BCUT2D eigenvalue weighted by molar-refractivity contribution is 0.320. The van der Waals surface area contributed by atoms with Crippen LogP contribution in [0.5, 0.6) is 0 Å². The highest BCUT2D eigenvalue weighted by atomic mass is 32.2. The molecule has 1 aromatic carbocycles. The van der Waals surface area contributed by atoms with Crippen molar-refractivity contribution >= 4 is 21.1 Å². The van der Waals surface area contributed by atoms with E-state index < -0.39 is 10.0 Å². The summed E-state index contributed by atoms with van der Waals surface area (Å²) in [6, 6.07) is 4.88. The fourth-order valence-electron chi connectivity index (χ4n) is 2.91. The maximum absolute atomic E-state index is 12.7. The molecule has 0 saturated carbocycles. The van der Waals surface area contributed by atoms with E-state index in [2.05, 4.69) is 0 Å². The standard InChI is InChI=1S/C14H20N4O3S/c1-16-12-4-3-11(9-13(12)17(2)14(16)19)22(20,21)18-7-5-10(15)6-8-18/h3-4,9-10H,5-8,15H2,1-2H3. The summed E-state index contributed by atoms with van der Waals surface area (Å²) in [5.41, 5.74) is 6.99. The van der Waals surface area contributed by atoms with Gasteiger partial charge in [0, 0.05) is 33.2 Å². The minimum absolute atomic E-state index is 0.0730. The SMILES string of the molecule is Cn1c(=O)n(C)c2cc(S(=O)(=O)N3CCC(N)CC3)ccc21. The molecule has 1 aromatic heterocycles. The van der Waals surface area contributed by atoms with Crippen LogP contribution in [0.25, 0.3) is 11.0 Å². The second-order valence-electron chi connectivity index (χ2n) is 5.79. The number of fused-ring (bicyclic) bond motifs is 1. The fourth-order valence-corrected chi connectivity index (χ4v) is 4.40. The summed E-state index contributed by atoms with van der Waals surface area (Å²) in [5.74, 6) is 0. The molecule has 2 aromatic rings. The molecule has 120 valence electrons. The van der Waals surface area contributed by atoms with Crippen LogP contribution in [0.2, 0.25) is 0 Å². The van der Waals surface area contributed by atoms with Gasteiger partial charge in [-0.1, -0.05) is 0 Å². The molecule has 22 heavy (non-hydrogen) atoms. The Morgan fingerprint density at radius 1 is 1.09 bits per heavy atom. The predicted molar refractivity (Wildman–Crippen MR) is 84.1 cm³/mol. The van der Waals surface area contributed by atoms with E-state index in [1.54, 1.807) is 32.3 Å². The van der Waals surface area contributed by atoms with E-state index in [0.717, 1.165) is 0 Å². The van der Waals surface area contributed by atoms with Gasteiger partial charge in [-0.05, 0) is 31.0 Å². The van der Waals surface area contributed by atoms with Crippen molar-refractivity contribution in [1.82, 2.24) is 13.4 Å². The van der Waals surface area contributed by atoms with Gasteiger partial charge in [-0.3, -0.25) is 9.13 Å². The lowest BCUT2D eigenvalue weighted by Gasteiger charge is -2.29. The van der Waals surface area contributed by atoms with Crippen LogP contribution in [-0.2, 0) is 24.1 Å². The van der Waals surface area contributed by atoms with Crippen LogP contribution < -0.4 is 11.4 Å². The molecule has 2 N–H and O–H groups in total. The smallest absolute Gasteiger partial charge is 0.328 e. The Bertz CT molecular complexity index is 873. The zero-order chi connectivity index (χ0) is 16.1. The van der Waals surface area contributed by atoms with E-state index in [9.17, 15) is 13.2 Å². The largest absolute Gasteiger partial charge is 0.328 e. The molecular weight excluding hydrogens is 304 g/mol. The monoisotopic (exact) mass is 324 g/mol. The Hall–Kier alpha value is -1.64. The van der Waals surface area contributed by atoms with Crippen LogP contribution in [0, 0.1) is 0 Å². The number of nitrogens with two attached hydrogens (primary N) is 1. The number of imidazole rings is 1. The average Bonchev–Trinajstić information content (AvgIpc) is 2.72. The van der Waals surface area contributed by atoms with Gasteiger partial charge in [0.15, 0.2) is 0 Å². The van der Waals surface area contributed by atoms with Gasteiger partial charge in [0.05, 0.1) is 15.9 Å². The first-order valence-corrected chi connectivity index (χ1v) is 8.67. The van der Waals surface area contributed by atoms with E-state index in [-0.39, 0.29) is 16.6 Å². The maximum Gasteiger partial charge on any atom is 0.328 e. The number of piperidine rings is 1. The molecule has 0 spiro atoms. The zero-order valence-electron chi connectivity index (χ0n) is 12.7. The molecular formula is C14H20N4O3S. The van der Waals surface area contributed by atoms with Crippen molar-refractivity contribution in [3.8, 4) is 0 Å². The van der Waals surface area contributed by atoms with Crippen LogP contribution in [0.15, 0.2) is 27.9 Å². The summed E-state index contributed by atoms with van der Waals surface area (Å²) in [5, 5.41) is 0. The van der Waals surface area contributed by atoms with Crippen molar-refractivity contribution in [2.24, 2.45) is 19.8 Å². The summed E-state index contributed by atoms with van der Waals surface area (Å²) in [7, 11) is -0.233. The number of aromatic nitrogens is 2. The first-order valence-electron chi connectivity index (χ1n) is 7.23. The first-order chi connectivity index (χ1) is 10.3. The number of benzene rings is 1. The van der Waals surface area contributed by atoms with Crippen LogP contribution in [0.3, 0.4) is 0 Å². The third kappa shape index (κ3) is 2.27. The quantitative estimate of drug-likeness (QED) is 0.841. The summed E-state index contributed by atoms with van der Waals surface area (Å²) in [6.07, 6.45) is 1.34. The molecule has 7 nitrogen and oxygen atoms in total. The van der Waals surface area contributed by atoms with Crippen molar-refractivity contribution < 1.29 is 8.42 Å². The summed E-state index contributed by atoms with van der Waals surface area (Å²) < 4.78 is 29.9. The summed E-state index contributed by atoms with van der Waals surface area (Å²) >= 11 is 0.